The van der Waals surface area contributed by atoms with Crippen molar-refractivity contribution in [3.8, 4) is 0 Å². The molecule has 4 heteroatoms. The lowest BCUT2D eigenvalue weighted by Gasteiger charge is -2.37. The van der Waals surface area contributed by atoms with Crippen LogP contribution in [0.4, 0.5) is 0 Å². The molecule has 0 radical (unpaired) electrons. The van der Waals surface area contributed by atoms with Crippen molar-refractivity contribution < 1.29 is 14.6 Å². The molecule has 14 heavy (non-hydrogen) atoms. The number of piperidine rings is 1. The fourth-order valence-corrected chi connectivity index (χ4v) is 1.91. The van der Waals surface area contributed by atoms with E-state index in [1.54, 1.807) is 12.0 Å². The lowest BCUT2D eigenvalue weighted by molar-refractivity contribution is -0.144. The number of likely N-dealkylation sites (tertiary alicyclic amines) is 1. The second kappa shape index (κ2) is 4.75. The summed E-state index contributed by atoms with van der Waals surface area (Å²) in [7, 11) is 1.70. The summed E-state index contributed by atoms with van der Waals surface area (Å²) in [5, 5.41) is 9.19. The summed E-state index contributed by atoms with van der Waals surface area (Å²) >= 11 is 0. The van der Waals surface area contributed by atoms with Crippen molar-refractivity contribution in [1.82, 2.24) is 4.90 Å². The van der Waals surface area contributed by atoms with Gasteiger partial charge in [-0.2, -0.15) is 0 Å². The number of amides is 1. The molecule has 1 aliphatic rings. The van der Waals surface area contributed by atoms with E-state index in [1.165, 1.54) is 6.92 Å². The molecular formula is C10H19NO3. The van der Waals surface area contributed by atoms with Gasteiger partial charge in [0, 0.05) is 19.7 Å². The van der Waals surface area contributed by atoms with E-state index < -0.39 is 6.10 Å². The Morgan fingerprint density at radius 3 is 2.71 bits per heavy atom. The van der Waals surface area contributed by atoms with E-state index in [0.29, 0.717) is 6.54 Å². The number of carbonyl (C=O) groups excluding carboxylic acids is 1. The van der Waals surface area contributed by atoms with Gasteiger partial charge in [-0.3, -0.25) is 4.79 Å². The van der Waals surface area contributed by atoms with Crippen LogP contribution in [-0.2, 0) is 9.53 Å². The van der Waals surface area contributed by atoms with Gasteiger partial charge in [-0.05, 0) is 26.7 Å². The highest BCUT2D eigenvalue weighted by atomic mass is 16.5. The van der Waals surface area contributed by atoms with Gasteiger partial charge in [0.2, 0.25) is 0 Å². The minimum Gasteiger partial charge on any atom is -0.384 e. The van der Waals surface area contributed by atoms with Crippen molar-refractivity contribution in [1.29, 1.82) is 0 Å². The third-order valence-corrected chi connectivity index (χ3v) is 2.80. The Bertz CT molecular complexity index is 206. The van der Waals surface area contributed by atoms with Crippen LogP contribution < -0.4 is 0 Å². The van der Waals surface area contributed by atoms with Gasteiger partial charge < -0.3 is 14.7 Å². The molecule has 0 aromatic heterocycles. The van der Waals surface area contributed by atoms with E-state index in [4.69, 9.17) is 4.74 Å². The number of carbonyl (C=O) groups is 1. The van der Waals surface area contributed by atoms with Crippen LogP contribution in [0.15, 0.2) is 0 Å². The molecule has 3 atom stereocenters. The Balaban J connectivity index is 2.53. The highest BCUT2D eigenvalue weighted by Gasteiger charge is 2.30. The molecule has 1 N–H and O–H groups in total. The smallest absolute Gasteiger partial charge is 0.251 e. The van der Waals surface area contributed by atoms with Crippen LogP contribution in [0.3, 0.4) is 0 Å². The van der Waals surface area contributed by atoms with Crippen LogP contribution in [0, 0.1) is 0 Å². The Hall–Kier alpha value is -0.610. The molecule has 82 valence electrons. The number of nitrogens with zero attached hydrogens (tertiary/aromatic N) is 1. The van der Waals surface area contributed by atoms with Crippen LogP contribution in [0.2, 0.25) is 0 Å². The van der Waals surface area contributed by atoms with E-state index >= 15 is 0 Å². The number of aliphatic hydroxyl groups excluding tert-OH is 1. The third-order valence-electron chi connectivity index (χ3n) is 2.80. The number of aliphatic hydroxyl groups is 1. The van der Waals surface area contributed by atoms with Crippen molar-refractivity contribution in [2.45, 2.75) is 44.9 Å². The molecule has 1 aliphatic heterocycles. The van der Waals surface area contributed by atoms with E-state index in [1.807, 2.05) is 6.92 Å². The van der Waals surface area contributed by atoms with Gasteiger partial charge in [-0.1, -0.05) is 0 Å². The van der Waals surface area contributed by atoms with Gasteiger partial charge in [0.15, 0.2) is 0 Å². The second-order valence-corrected chi connectivity index (χ2v) is 3.94. The highest BCUT2D eigenvalue weighted by molar-refractivity contribution is 5.80. The lowest BCUT2D eigenvalue weighted by Crippen LogP contribution is -2.49. The molecule has 0 aliphatic carbocycles. The van der Waals surface area contributed by atoms with Gasteiger partial charge in [0.05, 0.1) is 6.10 Å². The Kier molecular flexibility index (Phi) is 3.89. The average Bonchev–Trinajstić information content (AvgIpc) is 2.16. The first-order chi connectivity index (χ1) is 6.56. The molecule has 1 amide bonds. The molecule has 1 fully saturated rings. The zero-order chi connectivity index (χ0) is 10.7. The fourth-order valence-electron chi connectivity index (χ4n) is 1.91. The maximum atomic E-state index is 11.5. The largest absolute Gasteiger partial charge is 0.384 e. The number of ether oxygens (including phenoxy) is 1. The van der Waals surface area contributed by atoms with Crippen molar-refractivity contribution in [3.05, 3.63) is 0 Å². The van der Waals surface area contributed by atoms with Crippen LogP contribution in [0.5, 0.6) is 0 Å². The van der Waals surface area contributed by atoms with Crippen molar-refractivity contribution in [2.75, 3.05) is 13.7 Å². The van der Waals surface area contributed by atoms with Crippen molar-refractivity contribution in [2.24, 2.45) is 0 Å². The van der Waals surface area contributed by atoms with Gasteiger partial charge >= 0.3 is 0 Å². The molecule has 0 saturated carbocycles. The van der Waals surface area contributed by atoms with Gasteiger partial charge in [0.25, 0.3) is 5.91 Å². The van der Waals surface area contributed by atoms with Crippen LogP contribution in [0.1, 0.15) is 26.7 Å². The SMILES string of the molecule is CO[C@@H]1CCN(C(=O)[C@H](C)O)[C@H](C)C1. The third kappa shape index (κ3) is 2.45. The minimum absolute atomic E-state index is 0.163. The molecule has 1 heterocycles. The van der Waals surface area contributed by atoms with E-state index in [-0.39, 0.29) is 18.1 Å². The fraction of sp³-hybridized carbons (Fsp3) is 0.900. The quantitative estimate of drug-likeness (QED) is 0.703. The Morgan fingerprint density at radius 2 is 2.29 bits per heavy atom. The minimum atomic E-state index is -0.892. The molecular weight excluding hydrogens is 182 g/mol. The van der Waals surface area contributed by atoms with Crippen molar-refractivity contribution in [3.63, 3.8) is 0 Å². The number of hydrogen-bond acceptors (Lipinski definition) is 3. The van der Waals surface area contributed by atoms with Crippen LogP contribution in [-0.4, -0.2) is 47.8 Å². The molecule has 0 aromatic carbocycles. The normalized spacial score (nSPS) is 30.1. The molecule has 1 rings (SSSR count). The monoisotopic (exact) mass is 201 g/mol. The standard InChI is InChI=1S/C10H19NO3/c1-7-6-9(14-3)4-5-11(7)10(13)8(2)12/h7-9,12H,4-6H2,1-3H3/t7-,8+,9-/m1/s1. The lowest BCUT2D eigenvalue weighted by atomic mass is 10.00. The summed E-state index contributed by atoms with van der Waals surface area (Å²) in [5.41, 5.74) is 0. The predicted octanol–water partition coefficient (Wildman–Crippen LogP) is 0.393. The number of rotatable bonds is 2. The number of methoxy groups -OCH3 is 1. The van der Waals surface area contributed by atoms with Gasteiger partial charge in [-0.25, -0.2) is 0 Å². The predicted molar refractivity (Wildman–Crippen MR) is 52.9 cm³/mol. The zero-order valence-electron chi connectivity index (χ0n) is 9.06. The first kappa shape index (κ1) is 11.5. The summed E-state index contributed by atoms with van der Waals surface area (Å²) < 4.78 is 5.25. The molecule has 0 unspecified atom stereocenters. The second-order valence-electron chi connectivity index (χ2n) is 3.94. The van der Waals surface area contributed by atoms with E-state index in [2.05, 4.69) is 0 Å². The molecule has 0 spiro atoms. The van der Waals surface area contributed by atoms with E-state index in [9.17, 15) is 9.90 Å². The van der Waals surface area contributed by atoms with Crippen LogP contribution in [0.25, 0.3) is 0 Å². The Labute approximate surface area is 84.8 Å². The number of hydrogen-bond donors (Lipinski definition) is 1. The van der Waals surface area contributed by atoms with Gasteiger partial charge in [0.1, 0.15) is 6.10 Å². The molecule has 0 bridgehead atoms. The van der Waals surface area contributed by atoms with Crippen LogP contribution >= 0.6 is 0 Å². The average molecular weight is 201 g/mol. The summed E-state index contributed by atoms with van der Waals surface area (Å²) in [6, 6.07) is 0.163. The zero-order valence-corrected chi connectivity index (χ0v) is 9.06. The topological polar surface area (TPSA) is 49.8 Å². The summed E-state index contributed by atoms with van der Waals surface area (Å²) in [4.78, 5) is 13.3. The first-order valence-corrected chi connectivity index (χ1v) is 5.07. The highest BCUT2D eigenvalue weighted by Crippen LogP contribution is 2.19. The Morgan fingerprint density at radius 1 is 1.64 bits per heavy atom. The first-order valence-electron chi connectivity index (χ1n) is 5.07. The maximum Gasteiger partial charge on any atom is 0.251 e. The van der Waals surface area contributed by atoms with Crippen molar-refractivity contribution >= 4 is 5.91 Å². The van der Waals surface area contributed by atoms with E-state index in [0.717, 1.165) is 12.8 Å². The molecule has 1 saturated heterocycles. The molecule has 0 aromatic rings. The summed E-state index contributed by atoms with van der Waals surface area (Å²) in [6.45, 7) is 4.19. The van der Waals surface area contributed by atoms with Gasteiger partial charge in [-0.15, -0.1) is 0 Å². The summed E-state index contributed by atoms with van der Waals surface area (Å²) in [6.07, 6.45) is 1.08. The summed E-state index contributed by atoms with van der Waals surface area (Å²) in [5.74, 6) is -0.174. The maximum absolute atomic E-state index is 11.5. The molecule has 4 nitrogen and oxygen atoms in total.